The van der Waals surface area contributed by atoms with Crippen molar-refractivity contribution in [2.75, 3.05) is 20.6 Å². The molecular formula is C19H28IN5. The van der Waals surface area contributed by atoms with Crippen molar-refractivity contribution in [3.63, 3.8) is 0 Å². The van der Waals surface area contributed by atoms with Crippen LogP contribution in [0.1, 0.15) is 24.0 Å². The second kappa shape index (κ2) is 11.7. The van der Waals surface area contributed by atoms with Crippen molar-refractivity contribution in [2.45, 2.75) is 25.9 Å². The molecule has 5 nitrogen and oxygen atoms in total. The van der Waals surface area contributed by atoms with E-state index in [4.69, 9.17) is 0 Å². The van der Waals surface area contributed by atoms with E-state index in [1.54, 1.807) is 6.20 Å². The number of hydrogen-bond donors (Lipinski definition) is 1. The minimum Gasteiger partial charge on any atom is -0.352 e. The topological polar surface area (TPSA) is 45.5 Å². The Kier molecular flexibility index (Phi) is 9.91. The van der Waals surface area contributed by atoms with Crippen LogP contribution in [0.3, 0.4) is 0 Å². The summed E-state index contributed by atoms with van der Waals surface area (Å²) in [6, 6.07) is 10.4. The number of hydrogen-bond acceptors (Lipinski definition) is 2. The van der Waals surface area contributed by atoms with Gasteiger partial charge in [-0.05, 0) is 30.0 Å². The van der Waals surface area contributed by atoms with Crippen LogP contribution in [0, 0.1) is 0 Å². The number of allylic oxidation sites excluding steroid dienone is 1. The van der Waals surface area contributed by atoms with E-state index in [1.165, 1.54) is 11.1 Å². The fourth-order valence-corrected chi connectivity index (χ4v) is 2.59. The molecule has 0 aliphatic rings. The zero-order valence-electron chi connectivity index (χ0n) is 15.1. The van der Waals surface area contributed by atoms with Crippen LogP contribution in [0.25, 0.3) is 0 Å². The summed E-state index contributed by atoms with van der Waals surface area (Å²) >= 11 is 0. The molecule has 0 bridgehead atoms. The molecule has 136 valence electrons. The summed E-state index contributed by atoms with van der Waals surface area (Å²) in [5.41, 5.74) is 2.52. The van der Waals surface area contributed by atoms with E-state index in [0.29, 0.717) is 0 Å². The lowest BCUT2D eigenvalue weighted by atomic mass is 10.1. The second-order valence-electron chi connectivity index (χ2n) is 5.73. The van der Waals surface area contributed by atoms with Gasteiger partial charge in [0.05, 0.1) is 6.54 Å². The Hall–Kier alpha value is -1.83. The summed E-state index contributed by atoms with van der Waals surface area (Å²) in [7, 11) is 3.88. The molecular weight excluding hydrogens is 425 g/mol. The molecule has 0 spiro atoms. The quantitative estimate of drug-likeness (QED) is 0.219. The molecule has 0 saturated heterocycles. The molecule has 0 unspecified atom stereocenters. The Bertz CT molecular complexity index is 652. The van der Waals surface area contributed by atoms with Gasteiger partial charge in [0.15, 0.2) is 5.96 Å². The van der Waals surface area contributed by atoms with Crippen molar-refractivity contribution >= 4 is 29.9 Å². The molecule has 6 heteroatoms. The highest BCUT2D eigenvalue weighted by atomic mass is 127. The fraction of sp³-hybridized carbons (Fsp3) is 0.368. The zero-order chi connectivity index (χ0) is 17.2. The number of rotatable bonds is 8. The van der Waals surface area contributed by atoms with Crippen LogP contribution < -0.4 is 5.32 Å². The minimum absolute atomic E-state index is 0. The average Bonchev–Trinajstić information content (AvgIpc) is 3.10. The Morgan fingerprint density at radius 1 is 1.32 bits per heavy atom. The third-order valence-electron chi connectivity index (χ3n) is 3.92. The monoisotopic (exact) mass is 453 g/mol. The number of benzene rings is 1. The lowest BCUT2D eigenvalue weighted by Crippen LogP contribution is -2.39. The van der Waals surface area contributed by atoms with Crippen LogP contribution in [0.4, 0.5) is 0 Å². The molecule has 1 aromatic heterocycles. The lowest BCUT2D eigenvalue weighted by molar-refractivity contribution is 0.469. The van der Waals surface area contributed by atoms with Crippen LogP contribution in [-0.4, -0.2) is 41.3 Å². The normalized spacial score (nSPS) is 10.9. The molecule has 0 saturated carbocycles. The number of nitrogens with zero attached hydrogens (tertiary/aromatic N) is 4. The van der Waals surface area contributed by atoms with Gasteiger partial charge in [-0.25, -0.2) is 0 Å². The second-order valence-corrected chi connectivity index (χ2v) is 5.73. The van der Waals surface area contributed by atoms with Gasteiger partial charge in [0, 0.05) is 39.6 Å². The molecule has 0 radical (unpaired) electrons. The molecule has 0 aliphatic heterocycles. The van der Waals surface area contributed by atoms with Gasteiger partial charge in [-0.3, -0.25) is 9.67 Å². The summed E-state index contributed by atoms with van der Waals surface area (Å²) < 4.78 is 1.94. The Morgan fingerprint density at radius 2 is 2.08 bits per heavy atom. The van der Waals surface area contributed by atoms with E-state index in [2.05, 4.69) is 58.2 Å². The third kappa shape index (κ3) is 6.89. The highest BCUT2D eigenvalue weighted by Crippen LogP contribution is 2.10. The summed E-state index contributed by atoms with van der Waals surface area (Å²) in [6.45, 7) is 6.25. The van der Waals surface area contributed by atoms with E-state index >= 15 is 0 Å². The maximum absolute atomic E-state index is 4.38. The molecule has 2 rings (SSSR count). The van der Waals surface area contributed by atoms with Crippen LogP contribution in [0.5, 0.6) is 0 Å². The van der Waals surface area contributed by atoms with Gasteiger partial charge in [0.2, 0.25) is 0 Å². The van der Waals surface area contributed by atoms with Crippen LogP contribution in [-0.2, 0) is 13.1 Å². The lowest BCUT2D eigenvalue weighted by Gasteiger charge is -2.22. The van der Waals surface area contributed by atoms with Gasteiger partial charge in [0.25, 0.3) is 0 Å². The van der Waals surface area contributed by atoms with Gasteiger partial charge in [-0.1, -0.05) is 30.3 Å². The van der Waals surface area contributed by atoms with E-state index in [-0.39, 0.29) is 24.0 Å². The highest BCUT2D eigenvalue weighted by Gasteiger charge is 2.07. The third-order valence-corrected chi connectivity index (χ3v) is 3.92. The van der Waals surface area contributed by atoms with E-state index in [9.17, 15) is 0 Å². The number of guanidine groups is 1. The molecule has 0 amide bonds. The van der Waals surface area contributed by atoms with Crippen molar-refractivity contribution in [1.82, 2.24) is 20.0 Å². The van der Waals surface area contributed by atoms with Crippen LogP contribution >= 0.6 is 24.0 Å². The number of aromatic nitrogens is 2. The van der Waals surface area contributed by atoms with Gasteiger partial charge in [0.1, 0.15) is 0 Å². The van der Waals surface area contributed by atoms with Crippen molar-refractivity contribution in [1.29, 1.82) is 0 Å². The smallest absolute Gasteiger partial charge is 0.193 e. The number of unbranched alkanes of at least 4 members (excludes halogenated alkanes) is 1. The molecule has 1 heterocycles. The van der Waals surface area contributed by atoms with Crippen molar-refractivity contribution in [2.24, 2.45) is 4.99 Å². The first kappa shape index (κ1) is 21.2. The maximum atomic E-state index is 4.38. The van der Waals surface area contributed by atoms with E-state index in [1.807, 2.05) is 30.1 Å². The summed E-state index contributed by atoms with van der Waals surface area (Å²) in [5.74, 6) is 0.910. The minimum atomic E-state index is 0. The van der Waals surface area contributed by atoms with E-state index < -0.39 is 0 Å². The predicted molar refractivity (Wildman–Crippen MR) is 115 cm³/mol. The summed E-state index contributed by atoms with van der Waals surface area (Å²) in [5, 5.41) is 7.74. The van der Waals surface area contributed by atoms with Gasteiger partial charge < -0.3 is 10.2 Å². The zero-order valence-corrected chi connectivity index (χ0v) is 17.4. The number of aliphatic imine (C=N–C) groups is 1. The van der Waals surface area contributed by atoms with Gasteiger partial charge in [-0.2, -0.15) is 5.10 Å². The van der Waals surface area contributed by atoms with E-state index in [0.717, 1.165) is 38.4 Å². The largest absolute Gasteiger partial charge is 0.352 e. The van der Waals surface area contributed by atoms with Gasteiger partial charge in [-0.15, -0.1) is 30.6 Å². The molecule has 0 aliphatic carbocycles. The number of halogens is 1. The van der Waals surface area contributed by atoms with Crippen molar-refractivity contribution in [3.8, 4) is 0 Å². The Balaban J connectivity index is 0.00000312. The van der Waals surface area contributed by atoms with Crippen molar-refractivity contribution in [3.05, 3.63) is 66.5 Å². The molecule has 0 fully saturated rings. The highest BCUT2D eigenvalue weighted by molar-refractivity contribution is 14.0. The summed E-state index contributed by atoms with van der Waals surface area (Å²) in [6.07, 6.45) is 7.84. The standard InChI is InChI=1S/C19H27N5.HI/c1-4-5-8-13-23(3)19(20-2)21-15-17-10-6-7-11-18(17)16-24-14-9-12-22-24;/h4,6-7,9-12,14H,1,5,8,13,15-16H2,2-3H3,(H,20,21);1H. The molecule has 25 heavy (non-hydrogen) atoms. The Labute approximate surface area is 167 Å². The Morgan fingerprint density at radius 3 is 2.72 bits per heavy atom. The SMILES string of the molecule is C=CCCCN(C)C(=NC)NCc1ccccc1Cn1cccn1.I. The molecule has 0 atom stereocenters. The average molecular weight is 453 g/mol. The number of nitrogens with one attached hydrogen (secondary N) is 1. The van der Waals surface area contributed by atoms with Crippen LogP contribution in [0.2, 0.25) is 0 Å². The maximum Gasteiger partial charge on any atom is 0.193 e. The molecule has 1 N–H and O–H groups in total. The van der Waals surface area contributed by atoms with Crippen LogP contribution in [0.15, 0.2) is 60.4 Å². The van der Waals surface area contributed by atoms with Crippen molar-refractivity contribution < 1.29 is 0 Å². The fourth-order valence-electron chi connectivity index (χ4n) is 2.59. The predicted octanol–water partition coefficient (Wildman–Crippen LogP) is 3.52. The summed E-state index contributed by atoms with van der Waals surface area (Å²) in [4.78, 5) is 6.53. The first-order valence-electron chi connectivity index (χ1n) is 8.31. The first-order chi connectivity index (χ1) is 11.7. The molecule has 1 aromatic carbocycles. The first-order valence-corrected chi connectivity index (χ1v) is 8.31. The van der Waals surface area contributed by atoms with Gasteiger partial charge >= 0.3 is 0 Å². The molecule has 2 aromatic rings.